The van der Waals surface area contributed by atoms with Gasteiger partial charge in [0, 0.05) is 17.8 Å². The number of aromatic nitrogens is 2. The van der Waals surface area contributed by atoms with E-state index < -0.39 is 0 Å². The van der Waals surface area contributed by atoms with Crippen LogP contribution in [0, 0.1) is 0 Å². The van der Waals surface area contributed by atoms with Gasteiger partial charge in [-0.25, -0.2) is 0 Å². The van der Waals surface area contributed by atoms with Crippen molar-refractivity contribution < 1.29 is 9.53 Å². The third-order valence-electron chi connectivity index (χ3n) is 3.15. The second-order valence-electron chi connectivity index (χ2n) is 4.91. The van der Waals surface area contributed by atoms with Crippen LogP contribution in [0.25, 0.3) is 0 Å². The number of carbonyl (C=O) groups excluding carboxylic acids is 1. The van der Waals surface area contributed by atoms with Crippen LogP contribution in [0.5, 0.6) is 5.75 Å². The molecule has 1 heterocycles. The Balaban J connectivity index is 1.67. The summed E-state index contributed by atoms with van der Waals surface area (Å²) >= 11 is 0. The van der Waals surface area contributed by atoms with E-state index in [1.807, 2.05) is 24.3 Å². The summed E-state index contributed by atoms with van der Waals surface area (Å²) in [5, 5.41) is 13.9. The maximum atomic E-state index is 11.8. The van der Waals surface area contributed by atoms with Crippen LogP contribution in [0.4, 0.5) is 11.5 Å². The van der Waals surface area contributed by atoms with Gasteiger partial charge in [0.15, 0.2) is 11.5 Å². The molecule has 1 aromatic carbocycles. The van der Waals surface area contributed by atoms with Crippen molar-refractivity contribution in [1.29, 1.82) is 0 Å². The Hall–Kier alpha value is -2.63. The Morgan fingerprint density at radius 1 is 1.24 bits per heavy atom. The van der Waals surface area contributed by atoms with E-state index in [1.165, 1.54) is 0 Å². The molecular weight excluding hydrogens is 268 g/mol. The summed E-state index contributed by atoms with van der Waals surface area (Å²) < 4.78 is 5.16. The van der Waals surface area contributed by atoms with E-state index in [9.17, 15) is 4.79 Å². The third kappa shape index (κ3) is 3.47. The van der Waals surface area contributed by atoms with Gasteiger partial charge in [-0.1, -0.05) is 6.07 Å². The average Bonchev–Trinajstić information content (AvgIpc) is 3.32. The van der Waals surface area contributed by atoms with E-state index in [1.54, 1.807) is 19.2 Å². The zero-order chi connectivity index (χ0) is 14.7. The first-order valence-corrected chi connectivity index (χ1v) is 6.80. The highest BCUT2D eigenvalue weighted by atomic mass is 16.5. The highest BCUT2D eigenvalue weighted by Crippen LogP contribution is 2.20. The summed E-state index contributed by atoms with van der Waals surface area (Å²) in [6.45, 7) is 0. The lowest BCUT2D eigenvalue weighted by Gasteiger charge is -2.07. The van der Waals surface area contributed by atoms with Crippen LogP contribution in [0.2, 0.25) is 0 Å². The number of nitrogens with zero attached hydrogens (tertiary/aromatic N) is 2. The molecule has 1 aliphatic rings. The second kappa shape index (κ2) is 5.78. The van der Waals surface area contributed by atoms with Crippen LogP contribution in [0.15, 0.2) is 36.4 Å². The predicted octanol–water partition coefficient (Wildman–Crippen LogP) is 2.12. The molecule has 1 fully saturated rings. The van der Waals surface area contributed by atoms with E-state index in [0.29, 0.717) is 17.6 Å². The second-order valence-corrected chi connectivity index (χ2v) is 4.91. The monoisotopic (exact) mass is 284 g/mol. The van der Waals surface area contributed by atoms with Crippen LogP contribution in [-0.2, 0) is 0 Å². The Labute approximate surface area is 122 Å². The Morgan fingerprint density at radius 3 is 2.76 bits per heavy atom. The number of methoxy groups -OCH3 is 1. The van der Waals surface area contributed by atoms with Gasteiger partial charge in [0.1, 0.15) is 5.75 Å². The zero-order valence-electron chi connectivity index (χ0n) is 11.7. The molecule has 21 heavy (non-hydrogen) atoms. The summed E-state index contributed by atoms with van der Waals surface area (Å²) in [6, 6.07) is 11.2. The largest absolute Gasteiger partial charge is 0.497 e. The standard InChI is InChI=1S/C15H16N4O2/c1-21-12-4-2-3-11(9-12)16-14-8-7-13(18-19-14)15(20)17-10-5-6-10/h2-4,7-10H,5-6H2,1H3,(H,16,19)(H,17,20). The number of benzene rings is 1. The molecule has 0 saturated heterocycles. The van der Waals surface area contributed by atoms with Crippen molar-refractivity contribution in [1.82, 2.24) is 15.5 Å². The molecule has 2 N–H and O–H groups in total. The molecule has 0 unspecified atom stereocenters. The van der Waals surface area contributed by atoms with Gasteiger partial charge < -0.3 is 15.4 Å². The Morgan fingerprint density at radius 2 is 2.10 bits per heavy atom. The van der Waals surface area contributed by atoms with Gasteiger partial charge in [0.05, 0.1) is 7.11 Å². The van der Waals surface area contributed by atoms with E-state index in [-0.39, 0.29) is 5.91 Å². The molecule has 6 heteroatoms. The number of ether oxygens (including phenoxy) is 1. The SMILES string of the molecule is COc1cccc(Nc2ccc(C(=O)NC3CC3)nn2)c1. The van der Waals surface area contributed by atoms with Gasteiger partial charge in [-0.2, -0.15) is 0 Å². The van der Waals surface area contributed by atoms with Crippen molar-refractivity contribution in [3.05, 3.63) is 42.1 Å². The van der Waals surface area contributed by atoms with Crippen LogP contribution in [0.3, 0.4) is 0 Å². The number of hydrogen-bond donors (Lipinski definition) is 2. The van der Waals surface area contributed by atoms with Crippen molar-refractivity contribution >= 4 is 17.4 Å². The molecule has 0 atom stereocenters. The molecule has 1 aliphatic carbocycles. The number of carbonyl (C=O) groups is 1. The predicted molar refractivity (Wildman–Crippen MR) is 78.8 cm³/mol. The normalized spacial score (nSPS) is 13.6. The molecule has 1 aromatic heterocycles. The summed E-state index contributed by atoms with van der Waals surface area (Å²) in [7, 11) is 1.62. The third-order valence-corrected chi connectivity index (χ3v) is 3.15. The topological polar surface area (TPSA) is 76.1 Å². The van der Waals surface area contributed by atoms with Crippen LogP contribution >= 0.6 is 0 Å². The minimum absolute atomic E-state index is 0.169. The number of anilines is 2. The number of nitrogens with one attached hydrogen (secondary N) is 2. The van der Waals surface area contributed by atoms with Crippen molar-refractivity contribution in [2.45, 2.75) is 18.9 Å². The highest BCUT2D eigenvalue weighted by molar-refractivity contribution is 5.92. The molecule has 6 nitrogen and oxygen atoms in total. The average molecular weight is 284 g/mol. The quantitative estimate of drug-likeness (QED) is 0.879. The van der Waals surface area contributed by atoms with Gasteiger partial charge in [-0.15, -0.1) is 10.2 Å². The number of amides is 1. The smallest absolute Gasteiger partial charge is 0.272 e. The molecule has 1 amide bonds. The highest BCUT2D eigenvalue weighted by Gasteiger charge is 2.24. The molecule has 0 bridgehead atoms. The minimum Gasteiger partial charge on any atom is -0.497 e. The summed E-state index contributed by atoms with van der Waals surface area (Å²) in [5.41, 5.74) is 1.18. The minimum atomic E-state index is -0.169. The van der Waals surface area contributed by atoms with Crippen molar-refractivity contribution in [2.75, 3.05) is 12.4 Å². The fraction of sp³-hybridized carbons (Fsp3) is 0.267. The molecule has 2 aromatic rings. The van der Waals surface area contributed by atoms with Crippen LogP contribution in [0.1, 0.15) is 23.3 Å². The molecule has 0 aliphatic heterocycles. The Bertz CT molecular complexity index is 638. The van der Waals surface area contributed by atoms with Crippen molar-refractivity contribution in [2.24, 2.45) is 0 Å². The van der Waals surface area contributed by atoms with Gasteiger partial charge in [0.2, 0.25) is 0 Å². The number of hydrogen-bond acceptors (Lipinski definition) is 5. The zero-order valence-corrected chi connectivity index (χ0v) is 11.7. The lowest BCUT2D eigenvalue weighted by atomic mass is 10.3. The first kappa shape index (κ1) is 13.4. The van der Waals surface area contributed by atoms with Gasteiger partial charge in [0.25, 0.3) is 5.91 Å². The molecule has 0 radical (unpaired) electrons. The first-order valence-electron chi connectivity index (χ1n) is 6.80. The van der Waals surface area contributed by atoms with E-state index >= 15 is 0 Å². The van der Waals surface area contributed by atoms with E-state index in [2.05, 4.69) is 20.8 Å². The van der Waals surface area contributed by atoms with Gasteiger partial charge >= 0.3 is 0 Å². The molecule has 0 spiro atoms. The van der Waals surface area contributed by atoms with Crippen molar-refractivity contribution in [3.8, 4) is 5.75 Å². The molecule has 1 saturated carbocycles. The number of rotatable bonds is 5. The van der Waals surface area contributed by atoms with Crippen LogP contribution in [-0.4, -0.2) is 29.3 Å². The molecular formula is C15H16N4O2. The summed E-state index contributed by atoms with van der Waals surface area (Å²) in [4.78, 5) is 11.8. The summed E-state index contributed by atoms with van der Waals surface area (Å²) in [5.74, 6) is 1.16. The fourth-order valence-corrected chi connectivity index (χ4v) is 1.86. The Kier molecular flexibility index (Phi) is 3.68. The van der Waals surface area contributed by atoms with Gasteiger partial charge in [-0.3, -0.25) is 4.79 Å². The summed E-state index contributed by atoms with van der Waals surface area (Å²) in [6.07, 6.45) is 2.10. The van der Waals surface area contributed by atoms with E-state index in [4.69, 9.17) is 4.74 Å². The van der Waals surface area contributed by atoms with Gasteiger partial charge in [-0.05, 0) is 37.1 Å². The van der Waals surface area contributed by atoms with E-state index in [0.717, 1.165) is 24.3 Å². The van der Waals surface area contributed by atoms with Crippen LogP contribution < -0.4 is 15.4 Å². The van der Waals surface area contributed by atoms with Crippen molar-refractivity contribution in [3.63, 3.8) is 0 Å². The maximum absolute atomic E-state index is 11.8. The molecule has 3 rings (SSSR count). The molecule has 108 valence electrons. The fourth-order valence-electron chi connectivity index (χ4n) is 1.86. The maximum Gasteiger partial charge on any atom is 0.272 e. The lowest BCUT2D eigenvalue weighted by molar-refractivity contribution is 0.0945. The first-order chi connectivity index (χ1) is 10.2. The lowest BCUT2D eigenvalue weighted by Crippen LogP contribution is -2.26.